The van der Waals surface area contributed by atoms with E-state index in [9.17, 15) is 0 Å². The molecule has 0 saturated heterocycles. The van der Waals surface area contributed by atoms with Gasteiger partial charge in [0.1, 0.15) is 0 Å². The molecule has 2 unspecified atom stereocenters. The minimum Gasteiger partial charge on any atom is -0.326 e. The maximum absolute atomic E-state index is 6.20. The maximum Gasteiger partial charge on any atom is 0.0934 e. The average molecular weight is 230 g/mol. The molecule has 2 N–H and O–H groups in total. The Labute approximate surface area is 101 Å². The Hall–Kier alpha value is -1.68. The number of rotatable bonds is 4. The number of nitrogens with zero attached hydrogens (tertiary/aromatic N) is 3. The third-order valence-corrected chi connectivity index (χ3v) is 2.93. The molecule has 0 fully saturated rings. The van der Waals surface area contributed by atoms with Gasteiger partial charge in [-0.15, -0.1) is 0 Å². The van der Waals surface area contributed by atoms with Crippen molar-refractivity contribution in [3.8, 4) is 0 Å². The zero-order valence-corrected chi connectivity index (χ0v) is 10.2. The van der Waals surface area contributed by atoms with Gasteiger partial charge in [0, 0.05) is 24.6 Å². The van der Waals surface area contributed by atoms with E-state index in [0.29, 0.717) is 0 Å². The predicted molar refractivity (Wildman–Crippen MR) is 67.6 cm³/mol. The van der Waals surface area contributed by atoms with Crippen molar-refractivity contribution in [2.45, 2.75) is 32.4 Å². The highest BCUT2D eigenvalue weighted by Gasteiger charge is 2.21. The lowest BCUT2D eigenvalue weighted by molar-refractivity contribution is 0.421. The van der Waals surface area contributed by atoms with Crippen molar-refractivity contribution in [2.75, 3.05) is 0 Å². The van der Waals surface area contributed by atoms with Gasteiger partial charge >= 0.3 is 0 Å². The Balaban J connectivity index is 2.39. The minimum absolute atomic E-state index is 0.0403. The lowest BCUT2D eigenvalue weighted by atomic mass is 10.00. The molecule has 2 rings (SSSR count). The molecule has 4 heteroatoms. The van der Waals surface area contributed by atoms with Gasteiger partial charge in [0.05, 0.1) is 11.7 Å². The third kappa shape index (κ3) is 2.53. The molecule has 0 radical (unpaired) electrons. The monoisotopic (exact) mass is 230 g/mol. The largest absolute Gasteiger partial charge is 0.326 e. The number of hydrogen-bond donors (Lipinski definition) is 1. The summed E-state index contributed by atoms with van der Waals surface area (Å²) in [5.74, 6) is 0. The molecule has 2 heterocycles. The summed E-state index contributed by atoms with van der Waals surface area (Å²) in [6.07, 6.45) is 6.50. The van der Waals surface area contributed by atoms with Crippen LogP contribution in [0.5, 0.6) is 0 Å². The van der Waals surface area contributed by atoms with E-state index in [0.717, 1.165) is 17.7 Å². The Morgan fingerprint density at radius 1 is 1.41 bits per heavy atom. The molecular formula is C13H18N4. The predicted octanol–water partition coefficient (Wildman–Crippen LogP) is 1.91. The Kier molecular flexibility index (Phi) is 3.54. The van der Waals surface area contributed by atoms with Gasteiger partial charge in [-0.25, -0.2) is 0 Å². The summed E-state index contributed by atoms with van der Waals surface area (Å²) in [4.78, 5) is 4.16. The third-order valence-electron chi connectivity index (χ3n) is 2.93. The number of nitrogens with two attached hydrogens (primary N) is 1. The van der Waals surface area contributed by atoms with E-state index in [1.165, 1.54) is 0 Å². The summed E-state index contributed by atoms with van der Waals surface area (Å²) in [5, 5.41) is 4.47. The molecule has 2 aromatic rings. The van der Waals surface area contributed by atoms with E-state index < -0.39 is 0 Å². The summed E-state index contributed by atoms with van der Waals surface area (Å²) in [5.41, 5.74) is 8.31. The van der Waals surface area contributed by atoms with Gasteiger partial charge in [-0.05, 0) is 31.0 Å². The van der Waals surface area contributed by atoms with Crippen molar-refractivity contribution < 1.29 is 0 Å². The molecule has 0 aromatic carbocycles. The molecule has 2 atom stereocenters. The summed E-state index contributed by atoms with van der Waals surface area (Å²) in [6.45, 7) is 4.07. The van der Waals surface area contributed by atoms with Crippen LogP contribution in [0.1, 0.15) is 30.6 Å². The normalized spacial score (nSPS) is 14.5. The van der Waals surface area contributed by atoms with Crippen molar-refractivity contribution in [1.29, 1.82) is 0 Å². The van der Waals surface area contributed by atoms with Crippen molar-refractivity contribution in [2.24, 2.45) is 5.73 Å². The number of aromatic nitrogens is 3. The molecule has 0 bridgehead atoms. The van der Waals surface area contributed by atoms with Gasteiger partial charge in [-0.3, -0.25) is 9.67 Å². The van der Waals surface area contributed by atoms with E-state index in [4.69, 9.17) is 5.73 Å². The van der Waals surface area contributed by atoms with Crippen LogP contribution in [0.15, 0.2) is 36.8 Å². The van der Waals surface area contributed by atoms with Gasteiger partial charge in [0.15, 0.2) is 0 Å². The van der Waals surface area contributed by atoms with Crippen LogP contribution in [0.25, 0.3) is 0 Å². The first kappa shape index (κ1) is 11.8. The first-order valence-corrected chi connectivity index (χ1v) is 5.89. The van der Waals surface area contributed by atoms with Gasteiger partial charge < -0.3 is 5.73 Å². The molecule has 90 valence electrons. The van der Waals surface area contributed by atoms with Gasteiger partial charge in [-0.1, -0.05) is 13.0 Å². The molecule has 0 aliphatic carbocycles. The van der Waals surface area contributed by atoms with Gasteiger partial charge in [0.25, 0.3) is 0 Å². The van der Waals surface area contributed by atoms with E-state index in [1.54, 1.807) is 6.20 Å². The standard InChI is InChI=1S/C13H18N4/c1-3-12(14)13(11-5-4-7-15-9-11)17-8-6-10(2)16-17/h4-9,12-13H,3,14H2,1-2H3. The molecule has 4 nitrogen and oxygen atoms in total. The fourth-order valence-corrected chi connectivity index (χ4v) is 1.96. The van der Waals surface area contributed by atoms with Crippen LogP contribution >= 0.6 is 0 Å². The minimum atomic E-state index is 0.0403. The molecule has 0 aliphatic heterocycles. The first-order chi connectivity index (χ1) is 8.22. The highest BCUT2D eigenvalue weighted by Crippen LogP contribution is 2.21. The molecular weight excluding hydrogens is 212 g/mol. The van der Waals surface area contributed by atoms with Gasteiger partial charge in [0.2, 0.25) is 0 Å². The smallest absolute Gasteiger partial charge is 0.0934 e. The van der Waals surface area contributed by atoms with Crippen LogP contribution in [0.4, 0.5) is 0 Å². The first-order valence-electron chi connectivity index (χ1n) is 5.89. The molecule has 17 heavy (non-hydrogen) atoms. The summed E-state index contributed by atoms with van der Waals surface area (Å²) in [6, 6.07) is 6.07. The second-order valence-corrected chi connectivity index (χ2v) is 4.24. The topological polar surface area (TPSA) is 56.7 Å². The molecule has 2 aromatic heterocycles. The zero-order chi connectivity index (χ0) is 12.3. The van der Waals surface area contributed by atoms with Crippen LogP contribution in [-0.4, -0.2) is 20.8 Å². The van der Waals surface area contributed by atoms with Crippen LogP contribution in [-0.2, 0) is 0 Å². The van der Waals surface area contributed by atoms with Crippen molar-refractivity contribution in [3.05, 3.63) is 48.0 Å². The second kappa shape index (κ2) is 5.10. The quantitative estimate of drug-likeness (QED) is 0.873. The van der Waals surface area contributed by atoms with Crippen LogP contribution in [0.3, 0.4) is 0 Å². The SMILES string of the molecule is CCC(N)C(c1cccnc1)n1ccc(C)n1. The fourth-order valence-electron chi connectivity index (χ4n) is 1.96. The molecule has 0 spiro atoms. The van der Waals surface area contributed by atoms with Crippen molar-refractivity contribution in [3.63, 3.8) is 0 Å². The molecule has 0 saturated carbocycles. The fraction of sp³-hybridized carbons (Fsp3) is 0.385. The van der Waals surface area contributed by atoms with E-state index >= 15 is 0 Å². The van der Waals surface area contributed by atoms with Crippen LogP contribution in [0, 0.1) is 6.92 Å². The Bertz CT molecular complexity index is 463. The molecule has 0 aliphatic rings. The lowest BCUT2D eigenvalue weighted by Crippen LogP contribution is -2.33. The van der Waals surface area contributed by atoms with Crippen molar-refractivity contribution >= 4 is 0 Å². The van der Waals surface area contributed by atoms with E-state index in [-0.39, 0.29) is 12.1 Å². The molecule has 0 amide bonds. The zero-order valence-electron chi connectivity index (χ0n) is 10.2. The van der Waals surface area contributed by atoms with E-state index in [1.807, 2.05) is 42.2 Å². The summed E-state index contributed by atoms with van der Waals surface area (Å²) >= 11 is 0. The Morgan fingerprint density at radius 2 is 2.24 bits per heavy atom. The second-order valence-electron chi connectivity index (χ2n) is 4.24. The summed E-state index contributed by atoms with van der Waals surface area (Å²) < 4.78 is 1.93. The maximum atomic E-state index is 6.20. The van der Waals surface area contributed by atoms with E-state index in [2.05, 4.69) is 17.0 Å². The highest BCUT2D eigenvalue weighted by molar-refractivity contribution is 5.17. The van der Waals surface area contributed by atoms with Gasteiger partial charge in [-0.2, -0.15) is 5.10 Å². The average Bonchev–Trinajstić information content (AvgIpc) is 2.77. The summed E-state index contributed by atoms with van der Waals surface area (Å²) in [7, 11) is 0. The number of hydrogen-bond acceptors (Lipinski definition) is 3. The van der Waals surface area contributed by atoms with Crippen LogP contribution in [0.2, 0.25) is 0 Å². The number of pyridine rings is 1. The van der Waals surface area contributed by atoms with Crippen molar-refractivity contribution in [1.82, 2.24) is 14.8 Å². The Morgan fingerprint density at radius 3 is 2.76 bits per heavy atom. The number of aryl methyl sites for hydroxylation is 1. The lowest BCUT2D eigenvalue weighted by Gasteiger charge is -2.23. The highest BCUT2D eigenvalue weighted by atomic mass is 15.3. The van der Waals surface area contributed by atoms with Crippen LogP contribution < -0.4 is 5.73 Å².